The second kappa shape index (κ2) is 9.39. The number of carbonyl (C=O) groups is 1. The van der Waals surface area contributed by atoms with Crippen LogP contribution in [-0.4, -0.2) is 47.3 Å². The predicted octanol–water partition coefficient (Wildman–Crippen LogP) is 2.98. The fourth-order valence-electron chi connectivity index (χ4n) is 4.34. The van der Waals surface area contributed by atoms with Gasteiger partial charge in [-0.15, -0.1) is 0 Å². The highest BCUT2D eigenvalue weighted by molar-refractivity contribution is 5.94. The second-order valence-corrected chi connectivity index (χ2v) is 8.09. The molecule has 0 saturated heterocycles. The van der Waals surface area contributed by atoms with E-state index in [9.17, 15) is 4.79 Å². The monoisotopic (exact) mass is 422 g/mol. The van der Waals surface area contributed by atoms with Gasteiger partial charge in [-0.3, -0.25) is 9.48 Å². The summed E-state index contributed by atoms with van der Waals surface area (Å²) >= 11 is 0. The summed E-state index contributed by atoms with van der Waals surface area (Å²) in [5.74, 6) is 1.62. The number of nitrogens with one attached hydrogen (secondary N) is 1. The summed E-state index contributed by atoms with van der Waals surface area (Å²) in [6, 6.07) is 12.2. The fourth-order valence-corrected chi connectivity index (χ4v) is 4.34. The Bertz CT molecular complexity index is 1030. The number of rotatable bonds is 8. The van der Waals surface area contributed by atoms with E-state index in [4.69, 9.17) is 9.15 Å². The summed E-state index contributed by atoms with van der Waals surface area (Å²) in [7, 11) is 5.42. The molecule has 1 atom stereocenters. The van der Waals surface area contributed by atoms with Gasteiger partial charge in [-0.1, -0.05) is 18.2 Å². The maximum Gasteiger partial charge on any atom is 0.274 e. The van der Waals surface area contributed by atoms with Crippen molar-refractivity contribution >= 4 is 5.91 Å². The van der Waals surface area contributed by atoms with Gasteiger partial charge < -0.3 is 19.4 Å². The summed E-state index contributed by atoms with van der Waals surface area (Å²) in [6.45, 7) is 1.29. The van der Waals surface area contributed by atoms with Crippen molar-refractivity contribution in [2.24, 2.45) is 7.05 Å². The molecule has 1 N–H and O–H groups in total. The quantitative estimate of drug-likeness (QED) is 0.604. The van der Waals surface area contributed by atoms with Gasteiger partial charge in [0.05, 0.1) is 19.9 Å². The number of nitrogens with zero attached hydrogens (tertiary/aromatic N) is 3. The minimum Gasteiger partial charge on any atom is -0.496 e. The Hall–Kier alpha value is -3.06. The van der Waals surface area contributed by atoms with Gasteiger partial charge in [-0.25, -0.2) is 0 Å². The van der Waals surface area contributed by atoms with Crippen LogP contribution in [0, 0.1) is 0 Å². The Morgan fingerprint density at radius 3 is 2.94 bits per heavy atom. The molecular formula is C24H30N4O3. The molecule has 4 rings (SSSR count). The Morgan fingerprint density at radius 1 is 1.32 bits per heavy atom. The standard InChI is InChI=1S/C24H30N4O3/c1-27(16-19-8-6-14-31-19)24(29)23-20-15-18(10-11-21(20)28(2)26-23)25-13-12-17-7-4-5-9-22(17)30-3/h4-9,14,18,25H,10-13,15-16H2,1-3H3/t18-/m0/s1. The van der Waals surface area contributed by atoms with Crippen molar-refractivity contribution in [3.63, 3.8) is 0 Å². The Labute approximate surface area is 183 Å². The van der Waals surface area contributed by atoms with Gasteiger partial charge in [0, 0.05) is 31.4 Å². The molecule has 31 heavy (non-hydrogen) atoms. The third-order valence-corrected chi connectivity index (χ3v) is 6.00. The van der Waals surface area contributed by atoms with Gasteiger partial charge in [-0.05, 0) is 56.0 Å². The summed E-state index contributed by atoms with van der Waals surface area (Å²) in [6.07, 6.45) is 5.29. The molecule has 0 saturated carbocycles. The minimum atomic E-state index is -0.0667. The molecule has 0 bridgehead atoms. The van der Waals surface area contributed by atoms with Crippen LogP contribution in [0.15, 0.2) is 47.1 Å². The van der Waals surface area contributed by atoms with E-state index in [0.29, 0.717) is 18.3 Å². The zero-order valence-corrected chi connectivity index (χ0v) is 18.4. The maximum absolute atomic E-state index is 13.1. The van der Waals surface area contributed by atoms with Crippen molar-refractivity contribution < 1.29 is 13.9 Å². The topological polar surface area (TPSA) is 72.5 Å². The van der Waals surface area contributed by atoms with Gasteiger partial charge in [0.15, 0.2) is 5.69 Å². The minimum absolute atomic E-state index is 0.0667. The third kappa shape index (κ3) is 4.66. The SMILES string of the molecule is COc1ccccc1CCN[C@H]1CCc2c(c(C(=O)N(C)Cc3ccco3)nn2C)C1. The van der Waals surface area contributed by atoms with E-state index in [0.717, 1.165) is 55.0 Å². The van der Waals surface area contributed by atoms with Crippen LogP contribution in [0.1, 0.15) is 39.5 Å². The van der Waals surface area contributed by atoms with Crippen molar-refractivity contribution in [2.45, 2.75) is 38.3 Å². The van der Waals surface area contributed by atoms with Gasteiger partial charge in [0.2, 0.25) is 0 Å². The number of furan rings is 1. The number of para-hydroxylation sites is 1. The van der Waals surface area contributed by atoms with Crippen molar-refractivity contribution in [2.75, 3.05) is 20.7 Å². The molecule has 0 aliphatic heterocycles. The molecule has 0 unspecified atom stereocenters. The molecular weight excluding hydrogens is 392 g/mol. The number of methoxy groups -OCH3 is 1. The van der Waals surface area contributed by atoms with E-state index < -0.39 is 0 Å². The fraction of sp³-hybridized carbons (Fsp3) is 0.417. The number of ether oxygens (including phenoxy) is 1. The molecule has 7 heteroatoms. The Kier molecular flexibility index (Phi) is 6.42. The Balaban J connectivity index is 1.40. The van der Waals surface area contributed by atoms with Crippen molar-refractivity contribution in [3.05, 3.63) is 70.9 Å². The van der Waals surface area contributed by atoms with Crippen LogP contribution >= 0.6 is 0 Å². The van der Waals surface area contributed by atoms with Crippen LogP contribution < -0.4 is 10.1 Å². The Morgan fingerprint density at radius 2 is 2.16 bits per heavy atom. The summed E-state index contributed by atoms with van der Waals surface area (Å²) in [4.78, 5) is 14.8. The van der Waals surface area contributed by atoms with Crippen LogP contribution in [0.5, 0.6) is 5.75 Å². The summed E-state index contributed by atoms with van der Waals surface area (Å²) in [5, 5.41) is 8.25. The number of benzene rings is 1. The van der Waals surface area contributed by atoms with E-state index in [2.05, 4.69) is 16.5 Å². The molecule has 2 aromatic heterocycles. The largest absolute Gasteiger partial charge is 0.496 e. The molecule has 0 fully saturated rings. The van der Waals surface area contributed by atoms with E-state index in [1.54, 1.807) is 25.3 Å². The van der Waals surface area contributed by atoms with E-state index in [1.165, 1.54) is 5.56 Å². The smallest absolute Gasteiger partial charge is 0.274 e. The van der Waals surface area contributed by atoms with E-state index in [-0.39, 0.29) is 5.91 Å². The molecule has 3 aromatic rings. The molecule has 0 spiro atoms. The first-order chi connectivity index (χ1) is 15.1. The molecule has 1 amide bonds. The molecule has 1 aliphatic carbocycles. The highest BCUT2D eigenvalue weighted by atomic mass is 16.5. The van der Waals surface area contributed by atoms with Crippen LogP contribution in [0.4, 0.5) is 0 Å². The normalized spacial score (nSPS) is 15.5. The molecule has 1 aliphatic rings. The van der Waals surface area contributed by atoms with Gasteiger partial charge >= 0.3 is 0 Å². The van der Waals surface area contributed by atoms with Crippen molar-refractivity contribution in [1.29, 1.82) is 0 Å². The highest BCUT2D eigenvalue weighted by Crippen LogP contribution is 2.26. The number of aromatic nitrogens is 2. The lowest BCUT2D eigenvalue weighted by Gasteiger charge is -2.25. The first-order valence-electron chi connectivity index (χ1n) is 10.7. The lowest BCUT2D eigenvalue weighted by molar-refractivity contribution is 0.0767. The average molecular weight is 423 g/mol. The van der Waals surface area contributed by atoms with Crippen LogP contribution in [0.3, 0.4) is 0 Å². The highest BCUT2D eigenvalue weighted by Gasteiger charge is 2.29. The number of amides is 1. The number of hydrogen-bond acceptors (Lipinski definition) is 5. The molecule has 2 heterocycles. The van der Waals surface area contributed by atoms with Crippen LogP contribution in [-0.2, 0) is 32.9 Å². The van der Waals surface area contributed by atoms with Gasteiger partial charge in [0.1, 0.15) is 11.5 Å². The van der Waals surface area contributed by atoms with Crippen molar-refractivity contribution in [3.8, 4) is 5.75 Å². The number of fused-ring (bicyclic) bond motifs is 1. The summed E-state index contributed by atoms with van der Waals surface area (Å²) in [5.41, 5.74) is 3.99. The number of hydrogen-bond donors (Lipinski definition) is 1. The van der Waals surface area contributed by atoms with E-state index >= 15 is 0 Å². The molecule has 7 nitrogen and oxygen atoms in total. The zero-order chi connectivity index (χ0) is 21.8. The molecule has 164 valence electrons. The molecule has 0 radical (unpaired) electrons. The van der Waals surface area contributed by atoms with Crippen molar-refractivity contribution in [1.82, 2.24) is 20.0 Å². The van der Waals surface area contributed by atoms with Gasteiger partial charge in [-0.2, -0.15) is 5.10 Å². The van der Waals surface area contributed by atoms with E-state index in [1.807, 2.05) is 42.1 Å². The first kappa shape index (κ1) is 21.2. The third-order valence-electron chi connectivity index (χ3n) is 6.00. The lowest BCUT2D eigenvalue weighted by atomic mass is 9.91. The van der Waals surface area contributed by atoms with Crippen LogP contribution in [0.2, 0.25) is 0 Å². The lowest BCUT2D eigenvalue weighted by Crippen LogP contribution is -2.37. The average Bonchev–Trinajstić information content (AvgIpc) is 3.41. The number of carbonyl (C=O) groups excluding carboxylic acids is 1. The maximum atomic E-state index is 13.1. The van der Waals surface area contributed by atoms with Gasteiger partial charge in [0.25, 0.3) is 5.91 Å². The zero-order valence-electron chi connectivity index (χ0n) is 18.4. The first-order valence-corrected chi connectivity index (χ1v) is 10.7. The predicted molar refractivity (Wildman–Crippen MR) is 118 cm³/mol. The van der Waals surface area contributed by atoms with Crippen LogP contribution in [0.25, 0.3) is 0 Å². The number of aryl methyl sites for hydroxylation is 1. The molecule has 1 aromatic carbocycles. The summed E-state index contributed by atoms with van der Waals surface area (Å²) < 4.78 is 12.7. The second-order valence-electron chi connectivity index (χ2n) is 8.09.